The number of hydrogen-bond donors (Lipinski definition) is 3. The van der Waals surface area contributed by atoms with Gasteiger partial charge in [0.2, 0.25) is 0 Å². The Kier molecular flexibility index (Phi) is 1.82. The van der Waals surface area contributed by atoms with Gasteiger partial charge in [0.15, 0.2) is 0 Å². The second kappa shape index (κ2) is 3.06. The van der Waals surface area contributed by atoms with Gasteiger partial charge in [0.1, 0.15) is 11.6 Å². The van der Waals surface area contributed by atoms with Gasteiger partial charge in [0.25, 0.3) is 5.56 Å². The zero-order valence-electron chi connectivity index (χ0n) is 8.58. The summed E-state index contributed by atoms with van der Waals surface area (Å²) in [4.78, 5) is 18.1. The third kappa shape index (κ3) is 1.52. The van der Waals surface area contributed by atoms with Gasteiger partial charge >= 0.3 is 0 Å². The Labute approximate surface area is 87.3 Å². The molecule has 5 heteroatoms. The highest BCUT2D eigenvalue weighted by Crippen LogP contribution is 2.43. The first-order valence-electron chi connectivity index (χ1n) is 5.29. The smallest absolute Gasteiger partial charge is 0.252 e. The maximum Gasteiger partial charge on any atom is 0.252 e. The van der Waals surface area contributed by atoms with Crippen molar-refractivity contribution in [3.63, 3.8) is 0 Å². The molecular formula is C10H14N4O. The van der Waals surface area contributed by atoms with Crippen molar-refractivity contribution in [3.05, 3.63) is 22.2 Å². The van der Waals surface area contributed by atoms with Gasteiger partial charge in [-0.25, -0.2) is 4.98 Å². The molecule has 0 spiro atoms. The number of anilines is 1. The first kappa shape index (κ1) is 8.91. The van der Waals surface area contributed by atoms with E-state index in [9.17, 15) is 4.79 Å². The quantitative estimate of drug-likeness (QED) is 0.622. The van der Waals surface area contributed by atoms with Gasteiger partial charge in [-0.15, -0.1) is 0 Å². The standard InChI is InChI=1S/C10H14N4O/c1-5-12-8(2-9(15)13-5)14-10-6-3-11-4-7(6)10/h2,6-7,10-11H,3-4H2,1H3,(H2,12,13,14,15). The molecular weight excluding hydrogens is 192 g/mol. The Balaban J connectivity index is 1.75. The molecule has 1 aliphatic heterocycles. The molecule has 1 aromatic heterocycles. The number of hydrogen-bond acceptors (Lipinski definition) is 4. The van der Waals surface area contributed by atoms with Gasteiger partial charge < -0.3 is 15.6 Å². The number of nitrogens with zero attached hydrogens (tertiary/aromatic N) is 1. The lowest BCUT2D eigenvalue weighted by Crippen LogP contribution is -2.22. The summed E-state index contributed by atoms with van der Waals surface area (Å²) in [5, 5.41) is 6.66. The predicted octanol–water partition coefficient (Wildman–Crippen LogP) is -0.292. The molecule has 3 rings (SSSR count). The normalized spacial score (nSPS) is 32.5. The summed E-state index contributed by atoms with van der Waals surface area (Å²) >= 11 is 0. The first-order chi connectivity index (χ1) is 7.24. The average molecular weight is 206 g/mol. The fraction of sp³-hybridized carbons (Fsp3) is 0.600. The summed E-state index contributed by atoms with van der Waals surface area (Å²) in [7, 11) is 0. The minimum absolute atomic E-state index is 0.0889. The monoisotopic (exact) mass is 206 g/mol. The maximum absolute atomic E-state index is 11.2. The Bertz CT molecular complexity index is 431. The van der Waals surface area contributed by atoms with Crippen LogP contribution >= 0.6 is 0 Å². The van der Waals surface area contributed by atoms with Gasteiger partial charge in [-0.2, -0.15) is 0 Å². The van der Waals surface area contributed by atoms with Crippen LogP contribution in [-0.2, 0) is 0 Å². The van der Waals surface area contributed by atoms with Gasteiger partial charge in [-0.05, 0) is 18.8 Å². The zero-order chi connectivity index (χ0) is 10.4. The van der Waals surface area contributed by atoms with E-state index in [1.54, 1.807) is 6.92 Å². The predicted molar refractivity (Wildman–Crippen MR) is 56.9 cm³/mol. The summed E-state index contributed by atoms with van der Waals surface area (Å²) < 4.78 is 0. The number of fused-ring (bicyclic) bond motifs is 1. The van der Waals surface area contributed by atoms with E-state index in [1.165, 1.54) is 6.07 Å². The van der Waals surface area contributed by atoms with Crippen LogP contribution < -0.4 is 16.2 Å². The lowest BCUT2D eigenvalue weighted by molar-refractivity contribution is 0.695. The van der Waals surface area contributed by atoms with E-state index in [2.05, 4.69) is 20.6 Å². The first-order valence-corrected chi connectivity index (χ1v) is 5.29. The van der Waals surface area contributed by atoms with E-state index in [4.69, 9.17) is 0 Å². The van der Waals surface area contributed by atoms with Crippen molar-refractivity contribution in [3.8, 4) is 0 Å². The lowest BCUT2D eigenvalue weighted by atomic mass is 10.4. The minimum Gasteiger partial charge on any atom is -0.366 e. The van der Waals surface area contributed by atoms with Crippen molar-refractivity contribution in [2.24, 2.45) is 11.8 Å². The summed E-state index contributed by atoms with van der Waals surface area (Å²) in [5.74, 6) is 2.82. The molecule has 0 bridgehead atoms. The summed E-state index contributed by atoms with van der Waals surface area (Å²) in [5.41, 5.74) is -0.0889. The van der Waals surface area contributed by atoms with Crippen LogP contribution in [0.3, 0.4) is 0 Å². The number of aryl methyl sites for hydroxylation is 1. The van der Waals surface area contributed by atoms with Crippen LogP contribution in [0.25, 0.3) is 0 Å². The number of piperidine rings is 1. The number of nitrogens with one attached hydrogen (secondary N) is 3. The molecule has 2 aliphatic rings. The minimum atomic E-state index is -0.0889. The molecule has 1 saturated carbocycles. The lowest BCUT2D eigenvalue weighted by Gasteiger charge is -2.07. The summed E-state index contributed by atoms with van der Waals surface area (Å²) in [6, 6.07) is 2.04. The molecule has 0 amide bonds. The summed E-state index contributed by atoms with van der Waals surface area (Å²) in [6.07, 6.45) is 0. The Morgan fingerprint density at radius 3 is 2.87 bits per heavy atom. The Hall–Kier alpha value is -1.36. The van der Waals surface area contributed by atoms with Crippen LogP contribution in [0.5, 0.6) is 0 Å². The SMILES string of the molecule is Cc1nc(NC2C3CNCC32)cc(=O)[nH]1. The van der Waals surface area contributed by atoms with E-state index >= 15 is 0 Å². The third-order valence-electron chi connectivity index (χ3n) is 3.27. The number of rotatable bonds is 2. The van der Waals surface area contributed by atoms with Crippen molar-refractivity contribution in [1.82, 2.24) is 15.3 Å². The van der Waals surface area contributed by atoms with Crippen LogP contribution in [-0.4, -0.2) is 29.1 Å². The van der Waals surface area contributed by atoms with Gasteiger partial charge in [-0.3, -0.25) is 4.79 Å². The molecule has 15 heavy (non-hydrogen) atoms. The molecule has 3 N–H and O–H groups in total. The topological polar surface area (TPSA) is 69.8 Å². The Morgan fingerprint density at radius 2 is 2.20 bits per heavy atom. The van der Waals surface area contributed by atoms with E-state index in [-0.39, 0.29) is 5.56 Å². The Morgan fingerprint density at radius 1 is 1.47 bits per heavy atom. The van der Waals surface area contributed by atoms with E-state index in [1.807, 2.05) is 0 Å². The van der Waals surface area contributed by atoms with Crippen LogP contribution in [0.4, 0.5) is 5.82 Å². The van der Waals surface area contributed by atoms with Crippen LogP contribution in [0.1, 0.15) is 5.82 Å². The molecule has 5 nitrogen and oxygen atoms in total. The third-order valence-corrected chi connectivity index (χ3v) is 3.27. The largest absolute Gasteiger partial charge is 0.366 e. The van der Waals surface area contributed by atoms with Gasteiger partial charge in [-0.1, -0.05) is 0 Å². The molecule has 0 aromatic carbocycles. The number of aromatic nitrogens is 2. The van der Waals surface area contributed by atoms with Crippen molar-refractivity contribution < 1.29 is 0 Å². The molecule has 2 atom stereocenters. The van der Waals surface area contributed by atoms with Crippen molar-refractivity contribution in [2.45, 2.75) is 13.0 Å². The van der Waals surface area contributed by atoms with Crippen LogP contribution in [0.2, 0.25) is 0 Å². The maximum atomic E-state index is 11.2. The van der Waals surface area contributed by atoms with E-state index < -0.39 is 0 Å². The summed E-state index contributed by atoms with van der Waals surface area (Å²) in [6.45, 7) is 3.97. The van der Waals surface area contributed by atoms with Crippen LogP contribution in [0.15, 0.2) is 10.9 Å². The highest BCUT2D eigenvalue weighted by molar-refractivity contribution is 5.38. The molecule has 1 aromatic rings. The second-order valence-corrected chi connectivity index (χ2v) is 4.37. The van der Waals surface area contributed by atoms with E-state index in [0.717, 1.165) is 24.9 Å². The second-order valence-electron chi connectivity index (χ2n) is 4.37. The molecule has 2 fully saturated rings. The van der Waals surface area contributed by atoms with Crippen LogP contribution in [0, 0.1) is 18.8 Å². The van der Waals surface area contributed by atoms with E-state index in [0.29, 0.717) is 17.7 Å². The number of H-pyrrole nitrogens is 1. The molecule has 2 heterocycles. The zero-order valence-corrected chi connectivity index (χ0v) is 8.58. The average Bonchev–Trinajstić information content (AvgIpc) is 2.60. The highest BCUT2D eigenvalue weighted by Gasteiger charge is 2.53. The van der Waals surface area contributed by atoms with Crippen molar-refractivity contribution in [2.75, 3.05) is 18.4 Å². The van der Waals surface area contributed by atoms with Gasteiger partial charge in [0.05, 0.1) is 0 Å². The molecule has 2 unspecified atom stereocenters. The molecule has 80 valence electrons. The molecule has 1 saturated heterocycles. The number of aromatic amines is 1. The molecule has 1 aliphatic carbocycles. The molecule has 0 radical (unpaired) electrons. The van der Waals surface area contributed by atoms with Crippen molar-refractivity contribution >= 4 is 5.82 Å². The van der Waals surface area contributed by atoms with Gasteiger partial charge in [0, 0.05) is 25.2 Å². The highest BCUT2D eigenvalue weighted by atomic mass is 16.1. The fourth-order valence-corrected chi connectivity index (χ4v) is 2.46. The van der Waals surface area contributed by atoms with Crippen molar-refractivity contribution in [1.29, 1.82) is 0 Å². The fourth-order valence-electron chi connectivity index (χ4n) is 2.46.